The Morgan fingerprint density at radius 3 is 2.28 bits per heavy atom. The number of furan rings is 1. The number of rotatable bonds is 2. The first-order chi connectivity index (χ1) is 8.72. The van der Waals surface area contributed by atoms with Crippen LogP contribution in [0.4, 0.5) is 0 Å². The normalized spacial score (nSPS) is 10.8. The molecule has 3 nitrogen and oxygen atoms in total. The third-order valence-corrected chi connectivity index (χ3v) is 3.66. The molecule has 2 aromatic heterocycles. The second kappa shape index (κ2) is 4.38. The van der Waals surface area contributed by atoms with Crippen molar-refractivity contribution in [2.24, 2.45) is 0 Å². The maximum atomic E-state index is 5.55. The minimum atomic E-state index is 0.781. The van der Waals surface area contributed by atoms with Crippen molar-refractivity contribution >= 4 is 11.3 Å². The second-order valence-corrected chi connectivity index (χ2v) is 5.17. The topological polar surface area (TPSA) is 38.9 Å². The van der Waals surface area contributed by atoms with E-state index >= 15 is 0 Å². The minimum absolute atomic E-state index is 0.781. The zero-order valence-corrected chi connectivity index (χ0v) is 11.0. The molecule has 3 rings (SSSR count). The van der Waals surface area contributed by atoms with Gasteiger partial charge in [-0.15, -0.1) is 10.2 Å². The smallest absolute Gasteiger partial charge is 0.183 e. The fourth-order valence-corrected chi connectivity index (χ4v) is 2.50. The van der Waals surface area contributed by atoms with Gasteiger partial charge < -0.3 is 4.42 Å². The Bertz CT molecular complexity index is 667. The van der Waals surface area contributed by atoms with Crippen molar-refractivity contribution < 1.29 is 4.42 Å². The molecule has 0 radical (unpaired) electrons. The maximum Gasteiger partial charge on any atom is 0.183 e. The highest BCUT2D eigenvalue weighted by molar-refractivity contribution is 7.17. The summed E-state index contributed by atoms with van der Waals surface area (Å²) in [5.74, 6) is 1.67. The third-order valence-electron chi connectivity index (χ3n) is 2.67. The number of hydrogen-bond donors (Lipinski definition) is 0. The molecule has 1 aromatic carbocycles. The van der Waals surface area contributed by atoms with Crippen LogP contribution in [0.2, 0.25) is 0 Å². The first-order valence-corrected chi connectivity index (χ1v) is 6.51. The van der Waals surface area contributed by atoms with E-state index in [4.69, 9.17) is 4.42 Å². The average molecular weight is 256 g/mol. The zero-order valence-electron chi connectivity index (χ0n) is 10.2. The lowest BCUT2D eigenvalue weighted by Gasteiger charge is -1.95. The fourth-order valence-electron chi connectivity index (χ4n) is 1.69. The predicted octanol–water partition coefficient (Wildman–Crippen LogP) is 4.08. The molecule has 18 heavy (non-hydrogen) atoms. The van der Waals surface area contributed by atoms with Crippen LogP contribution in [0.3, 0.4) is 0 Å². The van der Waals surface area contributed by atoms with Crippen molar-refractivity contribution in [3.63, 3.8) is 0 Å². The SMILES string of the molecule is Cc1ccc(-c2nnc(-c3ccc(C)o3)s2)cc1. The molecule has 0 amide bonds. The Labute approximate surface area is 109 Å². The summed E-state index contributed by atoms with van der Waals surface area (Å²) in [6.45, 7) is 3.99. The van der Waals surface area contributed by atoms with Gasteiger partial charge in [0.05, 0.1) is 0 Å². The molecule has 0 saturated heterocycles. The van der Waals surface area contributed by atoms with Gasteiger partial charge in [0.15, 0.2) is 10.8 Å². The van der Waals surface area contributed by atoms with Crippen LogP contribution in [0, 0.1) is 13.8 Å². The summed E-state index contributed by atoms with van der Waals surface area (Å²) < 4.78 is 5.55. The lowest BCUT2D eigenvalue weighted by atomic mass is 10.2. The Hall–Kier alpha value is -1.94. The summed E-state index contributed by atoms with van der Waals surface area (Å²) in [7, 11) is 0. The molecule has 0 saturated carbocycles. The van der Waals surface area contributed by atoms with Crippen LogP contribution in [-0.4, -0.2) is 10.2 Å². The average Bonchev–Trinajstić information content (AvgIpc) is 2.98. The van der Waals surface area contributed by atoms with Crippen LogP contribution >= 0.6 is 11.3 Å². The van der Waals surface area contributed by atoms with Crippen molar-refractivity contribution in [3.05, 3.63) is 47.7 Å². The highest BCUT2D eigenvalue weighted by atomic mass is 32.1. The monoisotopic (exact) mass is 256 g/mol. The van der Waals surface area contributed by atoms with Gasteiger partial charge in [0.1, 0.15) is 10.8 Å². The largest absolute Gasteiger partial charge is 0.459 e. The molecule has 90 valence electrons. The predicted molar refractivity (Wildman–Crippen MR) is 72.5 cm³/mol. The van der Waals surface area contributed by atoms with E-state index in [0.29, 0.717) is 0 Å². The lowest BCUT2D eigenvalue weighted by molar-refractivity contribution is 0.547. The standard InChI is InChI=1S/C14H12N2OS/c1-9-3-6-11(7-4-9)13-15-16-14(18-13)12-8-5-10(2)17-12/h3-8H,1-2H3. The number of hydrogen-bond acceptors (Lipinski definition) is 4. The molecule has 0 aliphatic rings. The molecule has 4 heteroatoms. The molecule has 0 fully saturated rings. The van der Waals surface area contributed by atoms with E-state index < -0.39 is 0 Å². The van der Waals surface area contributed by atoms with Crippen LogP contribution in [0.25, 0.3) is 21.3 Å². The Balaban J connectivity index is 1.96. The molecule has 0 bridgehead atoms. The van der Waals surface area contributed by atoms with Crippen LogP contribution in [0.5, 0.6) is 0 Å². The number of aryl methyl sites for hydroxylation is 2. The molecule has 0 unspecified atom stereocenters. The van der Waals surface area contributed by atoms with Gasteiger partial charge in [0, 0.05) is 5.56 Å². The summed E-state index contributed by atoms with van der Waals surface area (Å²) in [4.78, 5) is 0. The van der Waals surface area contributed by atoms with Gasteiger partial charge in [-0.1, -0.05) is 41.2 Å². The van der Waals surface area contributed by atoms with E-state index in [2.05, 4.69) is 41.4 Å². The van der Waals surface area contributed by atoms with Gasteiger partial charge in [-0.05, 0) is 26.0 Å². The zero-order chi connectivity index (χ0) is 12.5. The first kappa shape index (κ1) is 11.2. The Morgan fingerprint density at radius 2 is 1.61 bits per heavy atom. The van der Waals surface area contributed by atoms with Crippen molar-refractivity contribution in [3.8, 4) is 21.3 Å². The number of benzene rings is 1. The minimum Gasteiger partial charge on any atom is -0.459 e. The van der Waals surface area contributed by atoms with E-state index in [1.807, 2.05) is 19.1 Å². The third kappa shape index (κ3) is 2.07. The van der Waals surface area contributed by atoms with Gasteiger partial charge in [0.2, 0.25) is 0 Å². The summed E-state index contributed by atoms with van der Waals surface area (Å²) in [5, 5.41) is 10.1. The van der Waals surface area contributed by atoms with E-state index in [1.54, 1.807) is 11.3 Å². The van der Waals surface area contributed by atoms with E-state index in [-0.39, 0.29) is 0 Å². The van der Waals surface area contributed by atoms with Crippen molar-refractivity contribution in [1.29, 1.82) is 0 Å². The van der Waals surface area contributed by atoms with Crippen molar-refractivity contribution in [2.75, 3.05) is 0 Å². The maximum absolute atomic E-state index is 5.55. The lowest BCUT2D eigenvalue weighted by Crippen LogP contribution is -1.77. The van der Waals surface area contributed by atoms with Crippen LogP contribution < -0.4 is 0 Å². The summed E-state index contributed by atoms with van der Waals surface area (Å²) in [5.41, 5.74) is 2.33. The van der Waals surface area contributed by atoms with Crippen LogP contribution in [-0.2, 0) is 0 Å². The van der Waals surface area contributed by atoms with Gasteiger partial charge >= 0.3 is 0 Å². The summed E-state index contributed by atoms with van der Waals surface area (Å²) in [6, 6.07) is 12.1. The van der Waals surface area contributed by atoms with Crippen LogP contribution in [0.1, 0.15) is 11.3 Å². The quantitative estimate of drug-likeness (QED) is 0.693. The molecule has 0 N–H and O–H groups in total. The van der Waals surface area contributed by atoms with E-state index in [9.17, 15) is 0 Å². The molecule has 0 atom stereocenters. The summed E-state index contributed by atoms with van der Waals surface area (Å²) >= 11 is 1.54. The molecule has 0 aliphatic carbocycles. The van der Waals surface area contributed by atoms with Crippen molar-refractivity contribution in [1.82, 2.24) is 10.2 Å². The Kier molecular flexibility index (Phi) is 2.72. The number of aromatic nitrogens is 2. The van der Waals surface area contributed by atoms with E-state index in [0.717, 1.165) is 27.1 Å². The number of nitrogens with zero attached hydrogens (tertiary/aromatic N) is 2. The highest BCUT2D eigenvalue weighted by Gasteiger charge is 2.11. The molecular weight excluding hydrogens is 244 g/mol. The van der Waals surface area contributed by atoms with Gasteiger partial charge in [-0.2, -0.15) is 0 Å². The van der Waals surface area contributed by atoms with E-state index in [1.165, 1.54) is 5.56 Å². The molecule has 2 heterocycles. The summed E-state index contributed by atoms with van der Waals surface area (Å²) in [6.07, 6.45) is 0. The Morgan fingerprint density at radius 1 is 0.889 bits per heavy atom. The van der Waals surface area contributed by atoms with Gasteiger partial charge in [-0.3, -0.25) is 0 Å². The molecule has 0 aliphatic heterocycles. The first-order valence-electron chi connectivity index (χ1n) is 5.70. The fraction of sp³-hybridized carbons (Fsp3) is 0.143. The van der Waals surface area contributed by atoms with Gasteiger partial charge in [-0.25, -0.2) is 0 Å². The van der Waals surface area contributed by atoms with Crippen molar-refractivity contribution in [2.45, 2.75) is 13.8 Å². The van der Waals surface area contributed by atoms with Crippen LogP contribution in [0.15, 0.2) is 40.8 Å². The van der Waals surface area contributed by atoms with Gasteiger partial charge in [0.25, 0.3) is 0 Å². The highest BCUT2D eigenvalue weighted by Crippen LogP contribution is 2.30. The molecular formula is C14H12N2OS. The second-order valence-electron chi connectivity index (χ2n) is 4.19. The molecule has 0 spiro atoms. The molecule has 3 aromatic rings.